The number of rotatable bonds is 3. The van der Waals surface area contributed by atoms with Gasteiger partial charge in [0.05, 0.1) is 11.9 Å². The van der Waals surface area contributed by atoms with E-state index in [-0.39, 0.29) is 11.8 Å². The zero-order valence-electron chi connectivity index (χ0n) is 11.9. The second kappa shape index (κ2) is 5.99. The van der Waals surface area contributed by atoms with E-state index in [9.17, 15) is 4.79 Å². The van der Waals surface area contributed by atoms with E-state index in [4.69, 9.17) is 5.73 Å². The van der Waals surface area contributed by atoms with Crippen LogP contribution < -0.4 is 11.1 Å². The average Bonchev–Trinajstić information content (AvgIpc) is 2.95. The zero-order chi connectivity index (χ0) is 14.7. The zero-order valence-corrected chi connectivity index (χ0v) is 11.9. The number of nitrogens with zero attached hydrogens (tertiary/aromatic N) is 1. The summed E-state index contributed by atoms with van der Waals surface area (Å²) < 4.78 is 0. The Morgan fingerprint density at radius 1 is 1.29 bits per heavy atom. The van der Waals surface area contributed by atoms with E-state index in [0.29, 0.717) is 5.95 Å². The van der Waals surface area contributed by atoms with Crippen molar-refractivity contribution >= 4 is 17.5 Å². The van der Waals surface area contributed by atoms with Crippen LogP contribution in [0.5, 0.6) is 0 Å². The molecule has 1 amide bonds. The van der Waals surface area contributed by atoms with Gasteiger partial charge in [-0.25, -0.2) is 4.98 Å². The van der Waals surface area contributed by atoms with E-state index in [1.54, 1.807) is 6.20 Å². The number of aromatic amines is 1. The highest BCUT2D eigenvalue weighted by molar-refractivity contribution is 5.93. The van der Waals surface area contributed by atoms with Crippen molar-refractivity contribution in [3.8, 4) is 11.3 Å². The summed E-state index contributed by atoms with van der Waals surface area (Å²) in [6.07, 6.45) is 7.26. The van der Waals surface area contributed by atoms with Gasteiger partial charge in [0.1, 0.15) is 0 Å². The number of nitrogens with one attached hydrogen (secondary N) is 2. The molecule has 0 unspecified atom stereocenters. The van der Waals surface area contributed by atoms with Crippen molar-refractivity contribution in [1.29, 1.82) is 0 Å². The molecule has 0 spiro atoms. The summed E-state index contributed by atoms with van der Waals surface area (Å²) in [5, 5.41) is 3.02. The van der Waals surface area contributed by atoms with E-state index >= 15 is 0 Å². The number of nitrogen functional groups attached to an aromatic ring is 1. The molecule has 0 radical (unpaired) electrons. The van der Waals surface area contributed by atoms with E-state index in [0.717, 1.165) is 42.6 Å². The summed E-state index contributed by atoms with van der Waals surface area (Å²) in [6.45, 7) is 0. The molecule has 0 atom stereocenters. The molecule has 5 heteroatoms. The van der Waals surface area contributed by atoms with Gasteiger partial charge in [0.15, 0.2) is 5.95 Å². The van der Waals surface area contributed by atoms with Crippen LogP contribution in [-0.2, 0) is 4.79 Å². The fourth-order valence-corrected chi connectivity index (χ4v) is 2.86. The minimum atomic E-state index is 0.135. The second-order valence-corrected chi connectivity index (χ2v) is 5.59. The largest absolute Gasteiger partial charge is 0.369 e. The van der Waals surface area contributed by atoms with Gasteiger partial charge < -0.3 is 16.0 Å². The first-order valence-corrected chi connectivity index (χ1v) is 7.44. The predicted molar refractivity (Wildman–Crippen MR) is 83.6 cm³/mol. The van der Waals surface area contributed by atoms with Gasteiger partial charge in [-0.1, -0.05) is 31.4 Å². The number of hydrogen-bond acceptors (Lipinski definition) is 3. The van der Waals surface area contributed by atoms with Gasteiger partial charge in [-0.15, -0.1) is 0 Å². The van der Waals surface area contributed by atoms with Crippen LogP contribution in [0.15, 0.2) is 30.5 Å². The van der Waals surface area contributed by atoms with Crippen molar-refractivity contribution in [2.24, 2.45) is 5.92 Å². The summed E-state index contributed by atoms with van der Waals surface area (Å²) in [5.41, 5.74) is 8.22. The van der Waals surface area contributed by atoms with Crippen molar-refractivity contribution in [2.45, 2.75) is 32.1 Å². The van der Waals surface area contributed by atoms with Crippen LogP contribution >= 0.6 is 0 Å². The van der Waals surface area contributed by atoms with Crippen molar-refractivity contribution < 1.29 is 4.79 Å². The number of imidazole rings is 1. The van der Waals surface area contributed by atoms with E-state index in [1.165, 1.54) is 6.42 Å². The standard InChI is InChI=1S/C16H20N4O/c17-16-18-10-14(20-16)12-7-4-8-13(9-12)19-15(21)11-5-2-1-3-6-11/h4,7-11H,1-3,5-6H2,(H,19,21)(H3,17,18,20). The molecule has 3 rings (SSSR count). The molecule has 0 bridgehead atoms. The molecule has 1 aliphatic rings. The van der Waals surface area contributed by atoms with Gasteiger partial charge >= 0.3 is 0 Å². The average molecular weight is 284 g/mol. The highest BCUT2D eigenvalue weighted by Gasteiger charge is 2.21. The maximum atomic E-state index is 12.3. The quantitative estimate of drug-likeness (QED) is 0.809. The molecule has 1 fully saturated rings. The first-order valence-electron chi connectivity index (χ1n) is 7.44. The third-order valence-corrected chi connectivity index (χ3v) is 4.01. The van der Waals surface area contributed by atoms with Crippen LogP contribution in [0.4, 0.5) is 11.6 Å². The van der Waals surface area contributed by atoms with Crippen LogP contribution in [-0.4, -0.2) is 15.9 Å². The minimum absolute atomic E-state index is 0.135. The number of amides is 1. The first-order chi connectivity index (χ1) is 10.2. The molecule has 110 valence electrons. The Hall–Kier alpha value is -2.30. The highest BCUT2D eigenvalue weighted by atomic mass is 16.1. The Morgan fingerprint density at radius 3 is 2.81 bits per heavy atom. The summed E-state index contributed by atoms with van der Waals surface area (Å²) in [4.78, 5) is 19.3. The van der Waals surface area contributed by atoms with Gasteiger partial charge in [-0.05, 0) is 25.0 Å². The topological polar surface area (TPSA) is 83.8 Å². The fraction of sp³-hybridized carbons (Fsp3) is 0.375. The Kier molecular flexibility index (Phi) is 3.90. The molecular weight excluding hydrogens is 264 g/mol. The lowest BCUT2D eigenvalue weighted by Crippen LogP contribution is -2.24. The molecule has 4 N–H and O–H groups in total. The summed E-state index contributed by atoms with van der Waals surface area (Å²) >= 11 is 0. The molecule has 21 heavy (non-hydrogen) atoms. The first kappa shape index (κ1) is 13.7. The van der Waals surface area contributed by atoms with E-state index in [1.807, 2.05) is 24.3 Å². The SMILES string of the molecule is Nc1ncc(-c2cccc(NC(=O)C3CCCCC3)c2)[nH]1. The van der Waals surface area contributed by atoms with Gasteiger partial charge in [-0.2, -0.15) is 0 Å². The number of carbonyl (C=O) groups excluding carboxylic acids is 1. The van der Waals surface area contributed by atoms with E-state index in [2.05, 4.69) is 15.3 Å². The Morgan fingerprint density at radius 2 is 2.10 bits per heavy atom. The molecule has 1 heterocycles. The molecule has 1 aromatic heterocycles. The van der Waals surface area contributed by atoms with Gasteiger partial charge in [0.25, 0.3) is 0 Å². The molecule has 2 aromatic rings. The van der Waals surface area contributed by atoms with Crippen LogP contribution in [0.3, 0.4) is 0 Å². The van der Waals surface area contributed by atoms with E-state index < -0.39 is 0 Å². The van der Waals surface area contributed by atoms with Crippen molar-refractivity contribution in [3.05, 3.63) is 30.5 Å². The van der Waals surface area contributed by atoms with Crippen molar-refractivity contribution in [3.63, 3.8) is 0 Å². The number of anilines is 2. The Labute approximate surface area is 124 Å². The lowest BCUT2D eigenvalue weighted by atomic mass is 9.88. The highest BCUT2D eigenvalue weighted by Crippen LogP contribution is 2.26. The number of carbonyl (C=O) groups is 1. The van der Waals surface area contributed by atoms with Crippen LogP contribution in [0.25, 0.3) is 11.3 Å². The Balaban J connectivity index is 1.72. The summed E-state index contributed by atoms with van der Waals surface area (Å²) in [7, 11) is 0. The van der Waals surface area contributed by atoms with Gasteiger partial charge in [-0.3, -0.25) is 4.79 Å². The third-order valence-electron chi connectivity index (χ3n) is 4.01. The lowest BCUT2D eigenvalue weighted by Gasteiger charge is -2.20. The smallest absolute Gasteiger partial charge is 0.227 e. The minimum Gasteiger partial charge on any atom is -0.369 e. The van der Waals surface area contributed by atoms with Gasteiger partial charge in [0, 0.05) is 17.2 Å². The third kappa shape index (κ3) is 3.24. The van der Waals surface area contributed by atoms with Gasteiger partial charge in [0.2, 0.25) is 5.91 Å². The van der Waals surface area contributed by atoms with Crippen LogP contribution in [0.2, 0.25) is 0 Å². The number of hydrogen-bond donors (Lipinski definition) is 3. The molecule has 0 saturated heterocycles. The summed E-state index contributed by atoms with van der Waals surface area (Å²) in [5.74, 6) is 0.683. The molecule has 5 nitrogen and oxygen atoms in total. The number of nitrogens with two attached hydrogens (primary N) is 1. The maximum Gasteiger partial charge on any atom is 0.227 e. The normalized spacial score (nSPS) is 15.8. The fourth-order valence-electron chi connectivity index (χ4n) is 2.86. The molecule has 0 aliphatic heterocycles. The molecule has 1 aromatic carbocycles. The number of benzene rings is 1. The van der Waals surface area contributed by atoms with Crippen LogP contribution in [0, 0.1) is 5.92 Å². The summed E-state index contributed by atoms with van der Waals surface area (Å²) in [6, 6.07) is 7.73. The predicted octanol–water partition coefficient (Wildman–Crippen LogP) is 3.18. The monoisotopic (exact) mass is 284 g/mol. The Bertz CT molecular complexity index is 629. The van der Waals surface area contributed by atoms with Crippen molar-refractivity contribution in [1.82, 2.24) is 9.97 Å². The number of H-pyrrole nitrogens is 1. The van der Waals surface area contributed by atoms with Crippen LogP contribution in [0.1, 0.15) is 32.1 Å². The second-order valence-electron chi connectivity index (χ2n) is 5.59. The maximum absolute atomic E-state index is 12.3. The molecular formula is C16H20N4O. The molecule has 1 aliphatic carbocycles. The lowest BCUT2D eigenvalue weighted by molar-refractivity contribution is -0.120. The number of aromatic nitrogens is 2. The molecule has 1 saturated carbocycles. The van der Waals surface area contributed by atoms with Crippen molar-refractivity contribution in [2.75, 3.05) is 11.1 Å².